The molecule has 0 bridgehead atoms. The number of rotatable bonds is 3. The highest BCUT2D eigenvalue weighted by molar-refractivity contribution is 7.15. The molecule has 0 aliphatic heterocycles. The molecule has 3 heterocycles. The Morgan fingerprint density at radius 2 is 2.08 bits per heavy atom. The van der Waals surface area contributed by atoms with Gasteiger partial charge in [0.25, 0.3) is 5.91 Å². The number of nitrogens with one attached hydrogen (secondary N) is 1. The van der Waals surface area contributed by atoms with Crippen molar-refractivity contribution >= 4 is 33.3 Å². The van der Waals surface area contributed by atoms with Gasteiger partial charge in [-0.1, -0.05) is 6.07 Å². The fourth-order valence-electron chi connectivity index (χ4n) is 2.58. The second-order valence-corrected chi connectivity index (χ2v) is 6.86. The van der Waals surface area contributed by atoms with Gasteiger partial charge in [-0.05, 0) is 31.2 Å². The van der Waals surface area contributed by atoms with Gasteiger partial charge in [0.05, 0.1) is 10.9 Å². The fourth-order valence-corrected chi connectivity index (χ4v) is 3.24. The van der Waals surface area contributed by atoms with Crippen LogP contribution in [0.2, 0.25) is 0 Å². The van der Waals surface area contributed by atoms with Crippen LogP contribution in [0.25, 0.3) is 22.3 Å². The molecule has 0 saturated heterocycles. The average Bonchev–Trinajstić information content (AvgIpc) is 3.06. The van der Waals surface area contributed by atoms with E-state index in [-0.39, 0.29) is 22.5 Å². The van der Waals surface area contributed by atoms with E-state index in [1.807, 2.05) is 6.92 Å². The highest BCUT2D eigenvalue weighted by Gasteiger charge is 2.16. The maximum atomic E-state index is 12.7. The molecule has 0 radical (unpaired) electrons. The molecule has 1 amide bonds. The Labute approximate surface area is 152 Å². The number of aromatic nitrogens is 2. The Hall–Kier alpha value is -3.32. The third kappa shape index (κ3) is 3.00. The SMILES string of the molecule is Cc1cnc(NC(=O)c2cccc3c(=O)cc(-c4cccnc4)oc23)s1. The van der Waals surface area contributed by atoms with Gasteiger partial charge in [0.1, 0.15) is 5.76 Å². The van der Waals surface area contributed by atoms with E-state index in [1.54, 1.807) is 48.9 Å². The third-order valence-corrected chi connectivity index (χ3v) is 4.62. The first kappa shape index (κ1) is 16.2. The summed E-state index contributed by atoms with van der Waals surface area (Å²) in [6, 6.07) is 9.86. The van der Waals surface area contributed by atoms with E-state index in [2.05, 4.69) is 15.3 Å². The first-order valence-electron chi connectivity index (χ1n) is 7.83. The van der Waals surface area contributed by atoms with Crippen LogP contribution in [0.15, 0.2) is 64.2 Å². The molecule has 4 rings (SSSR count). The number of para-hydroxylation sites is 1. The topological polar surface area (TPSA) is 85.1 Å². The summed E-state index contributed by atoms with van der Waals surface area (Å²) in [4.78, 5) is 34.3. The predicted molar refractivity (Wildman–Crippen MR) is 101 cm³/mol. The van der Waals surface area contributed by atoms with Crippen molar-refractivity contribution in [1.82, 2.24) is 9.97 Å². The van der Waals surface area contributed by atoms with Gasteiger partial charge in [-0.15, -0.1) is 11.3 Å². The zero-order valence-corrected chi connectivity index (χ0v) is 14.5. The maximum absolute atomic E-state index is 12.7. The number of benzene rings is 1. The second-order valence-electron chi connectivity index (χ2n) is 5.63. The van der Waals surface area contributed by atoms with Gasteiger partial charge in [0.15, 0.2) is 16.1 Å². The summed E-state index contributed by atoms with van der Waals surface area (Å²) in [5.41, 5.74) is 0.963. The predicted octanol–water partition coefficient (Wildman–Crippen LogP) is 3.87. The van der Waals surface area contributed by atoms with Crippen molar-refractivity contribution in [3.05, 3.63) is 75.7 Å². The van der Waals surface area contributed by atoms with Gasteiger partial charge in [-0.2, -0.15) is 0 Å². The molecule has 0 unspecified atom stereocenters. The third-order valence-electron chi connectivity index (χ3n) is 3.79. The fraction of sp³-hybridized carbons (Fsp3) is 0.0526. The minimum Gasteiger partial charge on any atom is -0.455 e. The molecule has 7 heteroatoms. The van der Waals surface area contributed by atoms with Gasteiger partial charge in [-0.3, -0.25) is 19.9 Å². The highest BCUT2D eigenvalue weighted by Crippen LogP contribution is 2.25. The van der Waals surface area contributed by atoms with E-state index in [4.69, 9.17) is 4.42 Å². The summed E-state index contributed by atoms with van der Waals surface area (Å²) in [6.07, 6.45) is 4.92. The van der Waals surface area contributed by atoms with Crippen LogP contribution in [0.3, 0.4) is 0 Å². The number of pyridine rings is 1. The van der Waals surface area contributed by atoms with Crippen molar-refractivity contribution in [1.29, 1.82) is 0 Å². The van der Waals surface area contributed by atoms with E-state index in [0.717, 1.165) is 4.88 Å². The van der Waals surface area contributed by atoms with Gasteiger partial charge in [0.2, 0.25) is 0 Å². The minimum absolute atomic E-state index is 0.218. The largest absolute Gasteiger partial charge is 0.455 e. The molecule has 0 atom stereocenters. The molecule has 0 saturated carbocycles. The maximum Gasteiger partial charge on any atom is 0.261 e. The lowest BCUT2D eigenvalue weighted by Crippen LogP contribution is -2.13. The van der Waals surface area contributed by atoms with Crippen LogP contribution >= 0.6 is 11.3 Å². The molecular weight excluding hydrogens is 350 g/mol. The lowest BCUT2D eigenvalue weighted by Gasteiger charge is -2.07. The van der Waals surface area contributed by atoms with Crippen LogP contribution in [-0.2, 0) is 0 Å². The number of aryl methyl sites for hydroxylation is 1. The van der Waals surface area contributed by atoms with E-state index in [9.17, 15) is 9.59 Å². The lowest BCUT2D eigenvalue weighted by atomic mass is 10.1. The van der Waals surface area contributed by atoms with Crippen LogP contribution in [0.1, 0.15) is 15.2 Å². The average molecular weight is 363 g/mol. The Morgan fingerprint density at radius 3 is 2.81 bits per heavy atom. The van der Waals surface area contributed by atoms with Crippen LogP contribution in [0, 0.1) is 6.92 Å². The van der Waals surface area contributed by atoms with Crippen LogP contribution in [0.5, 0.6) is 0 Å². The van der Waals surface area contributed by atoms with Gasteiger partial charge in [0, 0.05) is 35.1 Å². The molecular formula is C19H13N3O3S. The monoisotopic (exact) mass is 363 g/mol. The zero-order chi connectivity index (χ0) is 18.1. The van der Waals surface area contributed by atoms with Crippen LogP contribution in [-0.4, -0.2) is 15.9 Å². The van der Waals surface area contributed by atoms with E-state index >= 15 is 0 Å². The summed E-state index contributed by atoms with van der Waals surface area (Å²) in [7, 11) is 0. The summed E-state index contributed by atoms with van der Waals surface area (Å²) in [5, 5.41) is 3.59. The number of hydrogen-bond donors (Lipinski definition) is 1. The molecule has 1 N–H and O–H groups in total. The number of carbonyl (C=O) groups is 1. The highest BCUT2D eigenvalue weighted by atomic mass is 32.1. The van der Waals surface area contributed by atoms with Gasteiger partial charge >= 0.3 is 0 Å². The van der Waals surface area contributed by atoms with E-state index in [0.29, 0.717) is 21.8 Å². The summed E-state index contributed by atoms with van der Waals surface area (Å²) < 4.78 is 5.91. The number of amides is 1. The molecule has 6 nitrogen and oxygen atoms in total. The Bertz CT molecular complexity index is 1170. The van der Waals surface area contributed by atoms with E-state index in [1.165, 1.54) is 17.4 Å². The number of thiazole rings is 1. The second kappa shape index (κ2) is 6.53. The Balaban J connectivity index is 1.83. The summed E-state index contributed by atoms with van der Waals surface area (Å²) in [5.74, 6) is -0.0163. The van der Waals surface area contributed by atoms with Crippen molar-refractivity contribution < 1.29 is 9.21 Å². The van der Waals surface area contributed by atoms with E-state index < -0.39 is 0 Å². The number of hydrogen-bond acceptors (Lipinski definition) is 6. The Morgan fingerprint density at radius 1 is 1.19 bits per heavy atom. The summed E-state index contributed by atoms with van der Waals surface area (Å²) in [6.45, 7) is 1.91. The molecule has 0 aliphatic carbocycles. The van der Waals surface area contributed by atoms with Crippen LogP contribution in [0.4, 0.5) is 5.13 Å². The normalized spacial score (nSPS) is 10.8. The number of nitrogens with zero attached hydrogens (tertiary/aromatic N) is 2. The molecule has 4 aromatic rings. The minimum atomic E-state index is -0.378. The molecule has 1 aromatic carbocycles. The Kier molecular flexibility index (Phi) is 4.06. The van der Waals surface area contributed by atoms with Crippen molar-refractivity contribution in [3.8, 4) is 11.3 Å². The van der Waals surface area contributed by atoms with Crippen molar-refractivity contribution in [2.75, 3.05) is 5.32 Å². The number of carbonyl (C=O) groups excluding carboxylic acids is 1. The molecule has 0 spiro atoms. The first-order valence-corrected chi connectivity index (χ1v) is 8.64. The van der Waals surface area contributed by atoms with Crippen molar-refractivity contribution in [3.63, 3.8) is 0 Å². The summed E-state index contributed by atoms with van der Waals surface area (Å²) >= 11 is 1.38. The molecule has 128 valence electrons. The quantitative estimate of drug-likeness (QED) is 0.597. The van der Waals surface area contributed by atoms with Crippen LogP contribution < -0.4 is 10.7 Å². The van der Waals surface area contributed by atoms with Gasteiger partial charge in [-0.25, -0.2) is 4.98 Å². The van der Waals surface area contributed by atoms with Gasteiger partial charge < -0.3 is 4.42 Å². The molecule has 0 fully saturated rings. The molecule has 3 aromatic heterocycles. The lowest BCUT2D eigenvalue weighted by molar-refractivity contribution is 0.102. The number of anilines is 1. The molecule has 0 aliphatic rings. The smallest absolute Gasteiger partial charge is 0.261 e. The zero-order valence-electron chi connectivity index (χ0n) is 13.7. The number of fused-ring (bicyclic) bond motifs is 1. The molecule has 26 heavy (non-hydrogen) atoms. The standard InChI is InChI=1S/C19H13N3O3S/c1-11-9-21-19(26-11)22-18(24)14-6-2-5-13-15(23)8-16(25-17(13)14)12-4-3-7-20-10-12/h2-10H,1H3,(H,21,22,24). The first-order chi connectivity index (χ1) is 12.6. The van der Waals surface area contributed by atoms with Crippen molar-refractivity contribution in [2.45, 2.75) is 6.92 Å². The van der Waals surface area contributed by atoms with Crippen molar-refractivity contribution in [2.24, 2.45) is 0 Å².